The van der Waals surface area contributed by atoms with Crippen molar-refractivity contribution in [2.75, 3.05) is 11.3 Å². The number of hydrogen-bond acceptors (Lipinski definition) is 3. The Morgan fingerprint density at radius 3 is 2.30 bits per heavy atom. The SMILES string of the molecule is CC(=O)N1CCc2ccc(S(=O)(=O)Nc3ccc(C(C)(C)C)cc3)cc2C1. The molecule has 5 nitrogen and oxygen atoms in total. The van der Waals surface area contributed by atoms with Crippen LogP contribution in [-0.4, -0.2) is 25.8 Å². The Morgan fingerprint density at radius 2 is 1.70 bits per heavy atom. The van der Waals surface area contributed by atoms with E-state index in [1.54, 1.807) is 29.2 Å². The van der Waals surface area contributed by atoms with Gasteiger partial charge in [0, 0.05) is 25.7 Å². The molecule has 0 radical (unpaired) electrons. The molecule has 27 heavy (non-hydrogen) atoms. The number of amides is 1. The number of carbonyl (C=O) groups is 1. The van der Waals surface area contributed by atoms with Crippen molar-refractivity contribution in [2.24, 2.45) is 0 Å². The fourth-order valence-corrected chi connectivity index (χ4v) is 4.33. The van der Waals surface area contributed by atoms with Gasteiger partial charge in [-0.2, -0.15) is 0 Å². The van der Waals surface area contributed by atoms with Crippen LogP contribution in [0.1, 0.15) is 44.4 Å². The van der Waals surface area contributed by atoms with Gasteiger partial charge in [-0.25, -0.2) is 8.42 Å². The molecular weight excluding hydrogens is 360 g/mol. The van der Waals surface area contributed by atoms with Crippen LogP contribution >= 0.6 is 0 Å². The van der Waals surface area contributed by atoms with E-state index in [-0.39, 0.29) is 16.2 Å². The van der Waals surface area contributed by atoms with Crippen LogP contribution in [-0.2, 0) is 33.2 Å². The summed E-state index contributed by atoms with van der Waals surface area (Å²) in [4.78, 5) is 13.6. The Bertz CT molecular complexity index is 958. The summed E-state index contributed by atoms with van der Waals surface area (Å²) >= 11 is 0. The molecule has 1 aliphatic heterocycles. The van der Waals surface area contributed by atoms with Crippen molar-refractivity contribution in [1.29, 1.82) is 0 Å². The number of rotatable bonds is 3. The third kappa shape index (κ3) is 4.33. The molecule has 0 atom stereocenters. The predicted octanol–water partition coefficient (Wildman–Crippen LogP) is 3.69. The van der Waals surface area contributed by atoms with E-state index in [1.165, 1.54) is 6.92 Å². The maximum atomic E-state index is 12.8. The van der Waals surface area contributed by atoms with Crippen LogP contribution in [0.3, 0.4) is 0 Å². The van der Waals surface area contributed by atoms with Gasteiger partial charge in [-0.3, -0.25) is 9.52 Å². The molecule has 0 unspecified atom stereocenters. The van der Waals surface area contributed by atoms with Crippen molar-refractivity contribution in [3.63, 3.8) is 0 Å². The summed E-state index contributed by atoms with van der Waals surface area (Å²) in [7, 11) is -3.69. The number of benzene rings is 2. The van der Waals surface area contributed by atoms with Crippen molar-refractivity contribution in [2.45, 2.75) is 51.0 Å². The fourth-order valence-electron chi connectivity index (χ4n) is 3.22. The van der Waals surface area contributed by atoms with Crippen LogP contribution in [0.15, 0.2) is 47.4 Å². The largest absolute Gasteiger partial charge is 0.338 e. The Hall–Kier alpha value is -2.34. The molecule has 0 aliphatic carbocycles. The molecule has 0 saturated carbocycles. The maximum absolute atomic E-state index is 12.8. The van der Waals surface area contributed by atoms with E-state index in [0.717, 1.165) is 23.1 Å². The van der Waals surface area contributed by atoms with Crippen molar-refractivity contribution in [3.8, 4) is 0 Å². The van der Waals surface area contributed by atoms with E-state index in [1.807, 2.05) is 18.2 Å². The van der Waals surface area contributed by atoms with Gasteiger partial charge in [0.15, 0.2) is 0 Å². The van der Waals surface area contributed by atoms with Gasteiger partial charge in [0.2, 0.25) is 5.91 Å². The molecule has 0 bridgehead atoms. The molecule has 0 fully saturated rings. The molecule has 0 spiro atoms. The second-order valence-corrected chi connectivity index (χ2v) is 9.74. The quantitative estimate of drug-likeness (QED) is 0.875. The normalized spacial score (nSPS) is 14.6. The average Bonchev–Trinajstić information content (AvgIpc) is 2.60. The summed E-state index contributed by atoms with van der Waals surface area (Å²) in [6.45, 7) is 9.01. The van der Waals surface area contributed by atoms with Gasteiger partial charge < -0.3 is 4.90 Å². The highest BCUT2D eigenvalue weighted by molar-refractivity contribution is 7.92. The number of nitrogens with zero attached hydrogens (tertiary/aromatic N) is 1. The molecule has 6 heteroatoms. The number of anilines is 1. The minimum absolute atomic E-state index is 0.00553. The zero-order valence-electron chi connectivity index (χ0n) is 16.2. The monoisotopic (exact) mass is 386 g/mol. The lowest BCUT2D eigenvalue weighted by Gasteiger charge is -2.28. The average molecular weight is 387 g/mol. The molecule has 1 aliphatic rings. The number of sulfonamides is 1. The minimum atomic E-state index is -3.69. The predicted molar refractivity (Wildman–Crippen MR) is 107 cm³/mol. The molecule has 144 valence electrons. The topological polar surface area (TPSA) is 66.5 Å². The molecule has 0 saturated heterocycles. The smallest absolute Gasteiger partial charge is 0.261 e. The second-order valence-electron chi connectivity index (χ2n) is 8.05. The molecule has 2 aromatic carbocycles. The van der Waals surface area contributed by atoms with Crippen LogP contribution in [0.5, 0.6) is 0 Å². The van der Waals surface area contributed by atoms with Crippen LogP contribution < -0.4 is 4.72 Å². The third-order valence-electron chi connectivity index (χ3n) is 4.95. The van der Waals surface area contributed by atoms with Crippen molar-refractivity contribution in [1.82, 2.24) is 4.90 Å². The van der Waals surface area contributed by atoms with E-state index in [2.05, 4.69) is 25.5 Å². The Labute approximate surface area is 161 Å². The van der Waals surface area contributed by atoms with E-state index in [4.69, 9.17) is 0 Å². The van der Waals surface area contributed by atoms with Crippen LogP contribution in [0.4, 0.5) is 5.69 Å². The molecule has 1 amide bonds. The summed E-state index contributed by atoms with van der Waals surface area (Å²) in [5.41, 5.74) is 3.68. The highest BCUT2D eigenvalue weighted by atomic mass is 32.2. The summed E-state index contributed by atoms with van der Waals surface area (Å²) < 4.78 is 28.2. The van der Waals surface area contributed by atoms with E-state index < -0.39 is 10.0 Å². The lowest BCUT2D eigenvalue weighted by molar-refractivity contribution is -0.129. The fraction of sp³-hybridized carbons (Fsp3) is 0.381. The van der Waals surface area contributed by atoms with Crippen LogP contribution in [0.2, 0.25) is 0 Å². The first-order valence-electron chi connectivity index (χ1n) is 9.07. The summed E-state index contributed by atoms with van der Waals surface area (Å²) in [5, 5.41) is 0. The molecule has 0 aromatic heterocycles. The number of fused-ring (bicyclic) bond motifs is 1. The number of hydrogen-bond donors (Lipinski definition) is 1. The highest BCUT2D eigenvalue weighted by Gasteiger charge is 2.22. The second kappa shape index (κ2) is 7.00. The highest BCUT2D eigenvalue weighted by Crippen LogP contribution is 2.26. The van der Waals surface area contributed by atoms with Crippen LogP contribution in [0.25, 0.3) is 0 Å². The summed E-state index contributed by atoms with van der Waals surface area (Å²) in [6.07, 6.45) is 0.747. The Balaban J connectivity index is 1.83. The first kappa shape index (κ1) is 19.4. The van der Waals surface area contributed by atoms with Gasteiger partial charge in [0.25, 0.3) is 10.0 Å². The third-order valence-corrected chi connectivity index (χ3v) is 6.33. The molecule has 3 rings (SSSR count). The Morgan fingerprint density at radius 1 is 1.04 bits per heavy atom. The number of carbonyl (C=O) groups excluding carboxylic acids is 1. The zero-order chi connectivity index (χ0) is 19.8. The first-order chi connectivity index (χ1) is 12.6. The summed E-state index contributed by atoms with van der Waals surface area (Å²) in [6, 6.07) is 12.6. The van der Waals surface area contributed by atoms with Gasteiger partial charge in [0.05, 0.1) is 4.90 Å². The Kier molecular flexibility index (Phi) is 5.04. The van der Waals surface area contributed by atoms with Gasteiger partial charge in [-0.05, 0) is 52.8 Å². The van der Waals surface area contributed by atoms with Crippen molar-refractivity contribution < 1.29 is 13.2 Å². The van der Waals surface area contributed by atoms with E-state index >= 15 is 0 Å². The van der Waals surface area contributed by atoms with Crippen LogP contribution in [0, 0.1) is 0 Å². The lowest BCUT2D eigenvalue weighted by atomic mass is 9.87. The number of nitrogens with one attached hydrogen (secondary N) is 1. The molecule has 2 aromatic rings. The molecule has 1 heterocycles. The standard InChI is InChI=1S/C21H26N2O3S/c1-15(24)23-12-11-16-5-10-20(13-17(16)14-23)27(25,26)22-19-8-6-18(7-9-19)21(2,3)4/h5-10,13,22H,11-12,14H2,1-4H3. The van der Waals surface area contributed by atoms with Gasteiger partial charge in [-0.1, -0.05) is 39.0 Å². The summed E-state index contributed by atoms with van der Waals surface area (Å²) in [5.74, 6) is 0.00553. The zero-order valence-corrected chi connectivity index (χ0v) is 17.1. The first-order valence-corrected chi connectivity index (χ1v) is 10.6. The van der Waals surface area contributed by atoms with Gasteiger partial charge in [-0.15, -0.1) is 0 Å². The van der Waals surface area contributed by atoms with Gasteiger partial charge >= 0.3 is 0 Å². The van der Waals surface area contributed by atoms with E-state index in [0.29, 0.717) is 18.8 Å². The van der Waals surface area contributed by atoms with Gasteiger partial charge in [0.1, 0.15) is 0 Å². The minimum Gasteiger partial charge on any atom is -0.338 e. The molecular formula is C21H26N2O3S. The molecule has 1 N–H and O–H groups in total. The maximum Gasteiger partial charge on any atom is 0.261 e. The van der Waals surface area contributed by atoms with Crippen molar-refractivity contribution >= 4 is 21.6 Å². The van der Waals surface area contributed by atoms with E-state index in [9.17, 15) is 13.2 Å². The van der Waals surface area contributed by atoms with Crippen molar-refractivity contribution in [3.05, 3.63) is 59.2 Å². The lowest BCUT2D eigenvalue weighted by Crippen LogP contribution is -2.34.